The van der Waals surface area contributed by atoms with Gasteiger partial charge in [-0.05, 0) is 31.5 Å². The first kappa shape index (κ1) is 16.2. The minimum absolute atomic E-state index is 0.0303. The molecule has 0 aliphatic carbocycles. The van der Waals surface area contributed by atoms with Crippen molar-refractivity contribution in [1.82, 2.24) is 5.32 Å². The number of ketones is 1. The van der Waals surface area contributed by atoms with Gasteiger partial charge in [0.25, 0.3) is 0 Å². The minimum Gasteiger partial charge on any atom is -0.496 e. The zero-order chi connectivity index (χ0) is 15.1. The highest BCUT2D eigenvalue weighted by Gasteiger charge is 2.16. The number of carboxylic acid groups (broad SMARTS) is 1. The van der Waals surface area contributed by atoms with Gasteiger partial charge in [-0.25, -0.2) is 0 Å². The largest absolute Gasteiger partial charge is 0.496 e. The Labute approximate surface area is 118 Å². The predicted octanol–water partition coefficient (Wildman–Crippen LogP) is 2.24. The summed E-state index contributed by atoms with van der Waals surface area (Å²) >= 11 is 0. The van der Waals surface area contributed by atoms with Gasteiger partial charge in [0, 0.05) is 17.7 Å². The summed E-state index contributed by atoms with van der Waals surface area (Å²) in [6.45, 7) is 3.78. The van der Waals surface area contributed by atoms with Crippen molar-refractivity contribution in [3.8, 4) is 5.75 Å². The van der Waals surface area contributed by atoms with Crippen molar-refractivity contribution in [2.24, 2.45) is 0 Å². The Balaban J connectivity index is 2.86. The monoisotopic (exact) mass is 279 g/mol. The maximum absolute atomic E-state index is 11.4. The third-order valence-corrected chi connectivity index (χ3v) is 3.10. The smallest absolute Gasteiger partial charge is 0.320 e. The fourth-order valence-corrected chi connectivity index (χ4v) is 1.97. The third-order valence-electron chi connectivity index (χ3n) is 3.10. The molecule has 1 aromatic rings. The van der Waals surface area contributed by atoms with E-state index < -0.39 is 12.0 Å². The number of hydrogen-bond donors (Lipinski definition) is 2. The van der Waals surface area contributed by atoms with E-state index in [1.807, 2.05) is 6.92 Å². The lowest BCUT2D eigenvalue weighted by molar-refractivity contribution is -0.139. The minimum atomic E-state index is -0.867. The van der Waals surface area contributed by atoms with Gasteiger partial charge in [-0.15, -0.1) is 0 Å². The SMILES string of the molecule is CCCC(NCc1cc(C(C)=O)ccc1OC)C(=O)O. The highest BCUT2D eigenvalue weighted by atomic mass is 16.5. The molecule has 0 amide bonds. The maximum Gasteiger partial charge on any atom is 0.320 e. The molecule has 0 radical (unpaired) electrons. The standard InChI is InChI=1S/C15H21NO4/c1-4-5-13(15(18)19)16-9-12-8-11(10(2)17)6-7-14(12)20-3/h6-8,13,16H,4-5,9H2,1-3H3,(H,18,19). The normalized spacial score (nSPS) is 11.9. The van der Waals surface area contributed by atoms with Crippen LogP contribution >= 0.6 is 0 Å². The number of carboxylic acids is 1. The first-order valence-corrected chi connectivity index (χ1v) is 6.63. The average molecular weight is 279 g/mol. The van der Waals surface area contributed by atoms with E-state index in [2.05, 4.69) is 5.32 Å². The van der Waals surface area contributed by atoms with Crippen LogP contribution in [0.2, 0.25) is 0 Å². The van der Waals surface area contributed by atoms with Crippen LogP contribution < -0.4 is 10.1 Å². The lowest BCUT2D eigenvalue weighted by atomic mass is 10.1. The van der Waals surface area contributed by atoms with E-state index >= 15 is 0 Å². The molecule has 0 aromatic heterocycles. The highest BCUT2D eigenvalue weighted by Crippen LogP contribution is 2.20. The number of nitrogens with one attached hydrogen (secondary N) is 1. The van der Waals surface area contributed by atoms with Gasteiger partial charge in [0.05, 0.1) is 7.11 Å². The highest BCUT2D eigenvalue weighted by molar-refractivity contribution is 5.94. The summed E-state index contributed by atoms with van der Waals surface area (Å²) in [5.74, 6) is -0.256. The lowest BCUT2D eigenvalue weighted by Gasteiger charge is -2.15. The Morgan fingerprint density at radius 3 is 2.60 bits per heavy atom. The fourth-order valence-electron chi connectivity index (χ4n) is 1.97. The summed E-state index contributed by atoms with van der Waals surface area (Å²) in [6.07, 6.45) is 1.35. The van der Waals surface area contributed by atoms with Crippen LogP contribution in [0.15, 0.2) is 18.2 Å². The summed E-state index contributed by atoms with van der Waals surface area (Å²) in [5, 5.41) is 12.1. The van der Waals surface area contributed by atoms with Crippen molar-refractivity contribution in [3.63, 3.8) is 0 Å². The Bertz CT molecular complexity index is 485. The van der Waals surface area contributed by atoms with Crippen LogP contribution in [0.3, 0.4) is 0 Å². The Morgan fingerprint density at radius 1 is 1.40 bits per heavy atom. The molecule has 1 atom stereocenters. The van der Waals surface area contributed by atoms with E-state index in [0.717, 1.165) is 12.0 Å². The first-order chi connectivity index (χ1) is 9.49. The van der Waals surface area contributed by atoms with Crippen LogP contribution in [0, 0.1) is 0 Å². The van der Waals surface area contributed by atoms with Gasteiger partial charge >= 0.3 is 5.97 Å². The molecule has 1 rings (SSSR count). The molecule has 0 spiro atoms. The number of benzene rings is 1. The molecular weight excluding hydrogens is 258 g/mol. The summed E-state index contributed by atoms with van der Waals surface area (Å²) in [6, 6.07) is 4.57. The lowest BCUT2D eigenvalue weighted by Crippen LogP contribution is -2.36. The number of ether oxygens (including phenoxy) is 1. The summed E-state index contributed by atoms with van der Waals surface area (Å²) in [4.78, 5) is 22.5. The van der Waals surface area contributed by atoms with Crippen molar-refractivity contribution < 1.29 is 19.4 Å². The molecule has 1 aromatic carbocycles. The van der Waals surface area contributed by atoms with Gasteiger partial charge in [0.2, 0.25) is 0 Å². The predicted molar refractivity (Wildman–Crippen MR) is 76.2 cm³/mol. The second-order valence-corrected chi connectivity index (χ2v) is 4.64. The molecule has 2 N–H and O–H groups in total. The maximum atomic E-state index is 11.4. The summed E-state index contributed by atoms with van der Waals surface area (Å²) in [5.41, 5.74) is 1.37. The molecule has 0 aliphatic heterocycles. The van der Waals surface area contributed by atoms with E-state index in [1.165, 1.54) is 6.92 Å². The van der Waals surface area contributed by atoms with Crippen molar-refractivity contribution in [3.05, 3.63) is 29.3 Å². The number of aliphatic carboxylic acids is 1. The average Bonchev–Trinajstić information content (AvgIpc) is 2.42. The fraction of sp³-hybridized carbons (Fsp3) is 0.467. The second kappa shape index (κ2) is 7.65. The number of carbonyl (C=O) groups excluding carboxylic acids is 1. The van der Waals surface area contributed by atoms with Crippen molar-refractivity contribution in [1.29, 1.82) is 0 Å². The summed E-state index contributed by atoms with van der Waals surface area (Å²) in [7, 11) is 1.55. The van der Waals surface area contributed by atoms with Crippen LogP contribution in [-0.2, 0) is 11.3 Å². The van der Waals surface area contributed by atoms with Crippen molar-refractivity contribution >= 4 is 11.8 Å². The van der Waals surface area contributed by atoms with Crippen molar-refractivity contribution in [2.45, 2.75) is 39.3 Å². The van der Waals surface area contributed by atoms with Crippen molar-refractivity contribution in [2.75, 3.05) is 7.11 Å². The Morgan fingerprint density at radius 2 is 2.10 bits per heavy atom. The van der Waals surface area contributed by atoms with E-state index in [9.17, 15) is 9.59 Å². The number of Topliss-reactive ketones (excluding diaryl/α,β-unsaturated/α-hetero) is 1. The summed E-state index contributed by atoms with van der Waals surface area (Å²) < 4.78 is 5.23. The molecule has 20 heavy (non-hydrogen) atoms. The Hall–Kier alpha value is -1.88. The first-order valence-electron chi connectivity index (χ1n) is 6.63. The molecule has 1 unspecified atom stereocenters. The molecule has 0 saturated carbocycles. The second-order valence-electron chi connectivity index (χ2n) is 4.64. The topological polar surface area (TPSA) is 75.6 Å². The van der Waals surface area contributed by atoms with E-state index in [-0.39, 0.29) is 5.78 Å². The van der Waals surface area contributed by atoms with Crippen LogP contribution in [-0.4, -0.2) is 30.0 Å². The molecule has 110 valence electrons. The Kier molecular flexibility index (Phi) is 6.18. The van der Waals surface area contributed by atoms with E-state index in [1.54, 1.807) is 25.3 Å². The molecule has 0 bridgehead atoms. The van der Waals surface area contributed by atoms with Crippen LogP contribution in [0.1, 0.15) is 42.6 Å². The number of hydrogen-bond acceptors (Lipinski definition) is 4. The van der Waals surface area contributed by atoms with Crippen LogP contribution in [0.5, 0.6) is 5.75 Å². The number of rotatable bonds is 8. The van der Waals surface area contributed by atoms with Crippen LogP contribution in [0.4, 0.5) is 0 Å². The molecule has 5 nitrogen and oxygen atoms in total. The van der Waals surface area contributed by atoms with Gasteiger partial charge in [-0.2, -0.15) is 0 Å². The number of carbonyl (C=O) groups is 2. The number of methoxy groups -OCH3 is 1. The zero-order valence-electron chi connectivity index (χ0n) is 12.1. The molecule has 0 saturated heterocycles. The molecule has 0 heterocycles. The van der Waals surface area contributed by atoms with Crippen LogP contribution in [0.25, 0.3) is 0 Å². The zero-order valence-corrected chi connectivity index (χ0v) is 12.1. The van der Waals surface area contributed by atoms with Gasteiger partial charge in [0.15, 0.2) is 5.78 Å². The van der Waals surface area contributed by atoms with E-state index in [0.29, 0.717) is 24.3 Å². The molecule has 0 aliphatic rings. The quantitative estimate of drug-likeness (QED) is 0.714. The van der Waals surface area contributed by atoms with Gasteiger partial charge in [-0.3, -0.25) is 9.59 Å². The van der Waals surface area contributed by atoms with Gasteiger partial charge < -0.3 is 15.2 Å². The van der Waals surface area contributed by atoms with Gasteiger partial charge in [-0.1, -0.05) is 13.3 Å². The third kappa shape index (κ3) is 4.35. The molecular formula is C15H21NO4. The van der Waals surface area contributed by atoms with Gasteiger partial charge in [0.1, 0.15) is 11.8 Å². The molecule has 5 heteroatoms. The molecule has 0 fully saturated rings. The van der Waals surface area contributed by atoms with E-state index in [4.69, 9.17) is 9.84 Å².